The first-order valence-corrected chi connectivity index (χ1v) is 6.74. The molecule has 4 nitrogen and oxygen atoms in total. The first kappa shape index (κ1) is 12.4. The van der Waals surface area contributed by atoms with Gasteiger partial charge in [-0.2, -0.15) is 0 Å². The Labute approximate surface area is 106 Å². The summed E-state index contributed by atoms with van der Waals surface area (Å²) in [5, 5.41) is 5.06. The lowest BCUT2D eigenvalue weighted by Crippen LogP contribution is -2.46. The maximum absolute atomic E-state index is 12.0. The van der Waals surface area contributed by atoms with E-state index in [1.165, 1.54) is 4.88 Å². The lowest BCUT2D eigenvalue weighted by Gasteiger charge is -2.34. The first-order valence-electron chi connectivity index (χ1n) is 5.86. The average Bonchev–Trinajstić information content (AvgIpc) is 2.85. The Morgan fingerprint density at radius 2 is 2.41 bits per heavy atom. The Hall–Kier alpha value is -1.07. The molecule has 0 bridgehead atoms. The van der Waals surface area contributed by atoms with Gasteiger partial charge in [0.15, 0.2) is 0 Å². The summed E-state index contributed by atoms with van der Waals surface area (Å²) in [6.45, 7) is 5.46. The van der Waals surface area contributed by atoms with Crippen molar-refractivity contribution in [2.75, 3.05) is 13.1 Å². The van der Waals surface area contributed by atoms with E-state index in [-0.39, 0.29) is 17.6 Å². The van der Waals surface area contributed by atoms with E-state index in [9.17, 15) is 4.79 Å². The molecule has 2 amide bonds. The minimum Gasteiger partial charge on any atom is -0.330 e. The van der Waals surface area contributed by atoms with E-state index >= 15 is 0 Å². The van der Waals surface area contributed by atoms with Gasteiger partial charge in [0.1, 0.15) is 0 Å². The van der Waals surface area contributed by atoms with Gasteiger partial charge in [-0.25, -0.2) is 4.79 Å². The second kappa shape index (κ2) is 4.66. The first-order chi connectivity index (χ1) is 8.04. The third kappa shape index (κ3) is 2.45. The number of nitrogens with one attached hydrogen (secondary N) is 1. The molecule has 5 heteroatoms. The molecule has 1 aliphatic heterocycles. The van der Waals surface area contributed by atoms with Crippen LogP contribution in [0.3, 0.4) is 0 Å². The van der Waals surface area contributed by atoms with Crippen LogP contribution in [0.1, 0.15) is 31.2 Å². The number of thiophene rings is 1. The molecule has 2 rings (SSSR count). The van der Waals surface area contributed by atoms with Gasteiger partial charge < -0.3 is 16.0 Å². The Balaban J connectivity index is 2.10. The number of amides is 2. The van der Waals surface area contributed by atoms with Crippen LogP contribution in [0.4, 0.5) is 4.79 Å². The van der Waals surface area contributed by atoms with Gasteiger partial charge in [-0.05, 0) is 38.3 Å². The fourth-order valence-corrected chi connectivity index (χ4v) is 2.97. The molecule has 0 spiro atoms. The molecule has 3 N–H and O–H groups in total. The minimum atomic E-state index is -0.176. The number of nitrogens with two attached hydrogens (primary N) is 1. The predicted octanol–water partition coefficient (Wildman–Crippen LogP) is 1.94. The number of rotatable bonds is 4. The molecular formula is C12H19N3OS. The Morgan fingerprint density at radius 3 is 3.00 bits per heavy atom. The van der Waals surface area contributed by atoms with Crippen LogP contribution in [0.5, 0.6) is 0 Å². The average molecular weight is 253 g/mol. The van der Waals surface area contributed by atoms with Crippen LogP contribution in [-0.4, -0.2) is 29.6 Å². The van der Waals surface area contributed by atoms with Crippen molar-refractivity contribution in [3.05, 3.63) is 22.4 Å². The standard InChI is InChI=1S/C12H19N3OS/c1-12(2,5-6-13)15-8-9(14-11(15)16)10-4-3-7-17-10/h3-4,7,9H,5-6,8,13H2,1-2H3,(H,14,16). The highest BCUT2D eigenvalue weighted by Gasteiger charge is 2.38. The molecule has 94 valence electrons. The normalized spacial score (nSPS) is 20.8. The number of hydrogen-bond donors (Lipinski definition) is 2. The summed E-state index contributed by atoms with van der Waals surface area (Å²) in [7, 11) is 0. The van der Waals surface area contributed by atoms with E-state index in [1.807, 2.05) is 16.3 Å². The van der Waals surface area contributed by atoms with Gasteiger partial charge in [-0.15, -0.1) is 11.3 Å². The van der Waals surface area contributed by atoms with Gasteiger partial charge in [0, 0.05) is 17.0 Å². The van der Waals surface area contributed by atoms with Crippen LogP contribution >= 0.6 is 11.3 Å². The highest BCUT2D eigenvalue weighted by atomic mass is 32.1. The van der Waals surface area contributed by atoms with Crippen molar-refractivity contribution in [1.29, 1.82) is 0 Å². The molecule has 1 fully saturated rings. The highest BCUT2D eigenvalue weighted by Crippen LogP contribution is 2.29. The monoisotopic (exact) mass is 253 g/mol. The molecule has 1 aromatic rings. The number of nitrogens with zero attached hydrogens (tertiary/aromatic N) is 1. The van der Waals surface area contributed by atoms with Crippen LogP contribution < -0.4 is 11.1 Å². The second-order valence-electron chi connectivity index (χ2n) is 4.98. The Kier molecular flexibility index (Phi) is 3.40. The molecule has 2 heterocycles. The topological polar surface area (TPSA) is 58.4 Å². The second-order valence-corrected chi connectivity index (χ2v) is 5.96. The fraction of sp³-hybridized carbons (Fsp3) is 0.583. The van der Waals surface area contributed by atoms with Crippen molar-refractivity contribution in [2.24, 2.45) is 5.73 Å². The molecule has 0 aromatic carbocycles. The zero-order chi connectivity index (χ0) is 12.5. The van der Waals surface area contributed by atoms with E-state index in [0.29, 0.717) is 6.54 Å². The van der Waals surface area contributed by atoms with Crippen LogP contribution in [0, 0.1) is 0 Å². The van der Waals surface area contributed by atoms with Gasteiger partial charge in [0.25, 0.3) is 0 Å². The van der Waals surface area contributed by atoms with Gasteiger partial charge in [-0.1, -0.05) is 6.07 Å². The van der Waals surface area contributed by atoms with E-state index in [1.54, 1.807) is 11.3 Å². The lowest BCUT2D eigenvalue weighted by molar-refractivity contribution is 0.153. The summed E-state index contributed by atoms with van der Waals surface area (Å²) in [6.07, 6.45) is 0.817. The van der Waals surface area contributed by atoms with Crippen molar-refractivity contribution >= 4 is 17.4 Å². The number of carbonyl (C=O) groups excluding carboxylic acids is 1. The maximum atomic E-state index is 12.0. The quantitative estimate of drug-likeness (QED) is 0.861. The molecule has 1 aliphatic rings. The zero-order valence-corrected chi connectivity index (χ0v) is 11.1. The summed E-state index contributed by atoms with van der Waals surface area (Å²) >= 11 is 1.68. The predicted molar refractivity (Wildman–Crippen MR) is 70.0 cm³/mol. The summed E-state index contributed by atoms with van der Waals surface area (Å²) in [6, 6.07) is 4.22. The lowest BCUT2D eigenvalue weighted by atomic mass is 9.98. The molecule has 1 unspecified atom stereocenters. The number of carbonyl (C=O) groups is 1. The molecule has 17 heavy (non-hydrogen) atoms. The van der Waals surface area contributed by atoms with E-state index in [4.69, 9.17) is 5.73 Å². The van der Waals surface area contributed by atoms with Crippen molar-refractivity contribution in [2.45, 2.75) is 31.8 Å². The molecule has 1 saturated heterocycles. The molecular weight excluding hydrogens is 234 g/mol. The van der Waals surface area contributed by atoms with E-state index in [0.717, 1.165) is 13.0 Å². The van der Waals surface area contributed by atoms with E-state index in [2.05, 4.69) is 25.2 Å². The number of urea groups is 1. The molecule has 1 atom stereocenters. The third-order valence-electron chi connectivity index (χ3n) is 3.28. The largest absolute Gasteiger partial charge is 0.330 e. The molecule has 1 aromatic heterocycles. The third-order valence-corrected chi connectivity index (χ3v) is 4.27. The summed E-state index contributed by atoms with van der Waals surface area (Å²) in [5.41, 5.74) is 5.42. The number of hydrogen-bond acceptors (Lipinski definition) is 3. The smallest absolute Gasteiger partial charge is 0.318 e. The minimum absolute atomic E-state index is 0.0156. The summed E-state index contributed by atoms with van der Waals surface area (Å²) < 4.78 is 0. The highest BCUT2D eigenvalue weighted by molar-refractivity contribution is 7.10. The summed E-state index contributed by atoms with van der Waals surface area (Å²) in [5.74, 6) is 0. The van der Waals surface area contributed by atoms with Gasteiger partial charge >= 0.3 is 6.03 Å². The van der Waals surface area contributed by atoms with Gasteiger partial charge in [-0.3, -0.25) is 0 Å². The van der Waals surface area contributed by atoms with Crippen LogP contribution in [-0.2, 0) is 0 Å². The van der Waals surface area contributed by atoms with Crippen molar-refractivity contribution < 1.29 is 4.79 Å². The zero-order valence-electron chi connectivity index (χ0n) is 10.3. The molecule has 0 aliphatic carbocycles. The van der Waals surface area contributed by atoms with Crippen LogP contribution in [0.2, 0.25) is 0 Å². The van der Waals surface area contributed by atoms with Gasteiger partial charge in [0.2, 0.25) is 0 Å². The fourth-order valence-electron chi connectivity index (χ4n) is 2.20. The summed E-state index contributed by atoms with van der Waals surface area (Å²) in [4.78, 5) is 15.1. The van der Waals surface area contributed by atoms with Crippen molar-refractivity contribution in [3.63, 3.8) is 0 Å². The van der Waals surface area contributed by atoms with Crippen LogP contribution in [0.25, 0.3) is 0 Å². The van der Waals surface area contributed by atoms with Gasteiger partial charge in [0.05, 0.1) is 6.04 Å². The van der Waals surface area contributed by atoms with E-state index < -0.39 is 0 Å². The SMILES string of the molecule is CC(C)(CCN)N1CC(c2cccs2)NC1=O. The maximum Gasteiger partial charge on any atom is 0.318 e. The Morgan fingerprint density at radius 1 is 1.65 bits per heavy atom. The molecule has 0 saturated carbocycles. The Bertz CT molecular complexity index is 388. The van der Waals surface area contributed by atoms with Crippen molar-refractivity contribution in [1.82, 2.24) is 10.2 Å². The molecule has 0 radical (unpaired) electrons. The van der Waals surface area contributed by atoms with Crippen molar-refractivity contribution in [3.8, 4) is 0 Å². The van der Waals surface area contributed by atoms with Crippen LogP contribution in [0.15, 0.2) is 17.5 Å².